The fraction of sp³-hybridized carbons (Fsp3) is 0.200. The monoisotopic (exact) mass is 802 g/mol. The summed E-state index contributed by atoms with van der Waals surface area (Å²) in [4.78, 5) is 0. The lowest BCUT2D eigenvalue weighted by Gasteiger charge is -2.35. The Morgan fingerprint density at radius 3 is 1.82 bits per heavy atom. The van der Waals surface area contributed by atoms with Crippen LogP contribution < -0.4 is 14.2 Å². The molecule has 1 N–H and O–H groups in total. The first kappa shape index (κ1) is 38.4. The standard InChI is InChI=1S/C55H53N3OP/c1-2-4-12-37-58(36-11-3-1)55-50(32-18-34-52(55)57(60-58)51-33-17-26-44-25-15-29-47(54(44)51)42-21-9-6-10-22-42)49-31-16-24-43-23-14-30-48(53(43)49)45-27-13-28-46(39-45)56-35-38-59-40-41-19-7-5-8-20-41/h5-10,13-34,39,56,60H,1-4,11-12,35-38,40H2/q+1. The molecule has 8 aromatic rings. The zero-order valence-corrected chi connectivity index (χ0v) is 35.3. The van der Waals surface area contributed by atoms with Crippen LogP contribution in [0.4, 0.5) is 22.7 Å². The lowest BCUT2D eigenvalue weighted by atomic mass is 9.90. The van der Waals surface area contributed by atoms with Crippen LogP contribution in [-0.2, 0) is 11.3 Å². The largest absolute Gasteiger partial charge is 0.383 e. The first-order chi connectivity index (χ1) is 29.8. The van der Waals surface area contributed by atoms with Gasteiger partial charge in [0.1, 0.15) is 5.69 Å². The number of benzene rings is 8. The van der Waals surface area contributed by atoms with Crippen LogP contribution in [0.1, 0.15) is 44.1 Å². The van der Waals surface area contributed by atoms with Crippen molar-refractivity contribution in [1.82, 2.24) is 4.25 Å². The van der Waals surface area contributed by atoms with E-state index in [0.29, 0.717) is 22.1 Å². The zero-order valence-electron chi connectivity index (χ0n) is 34.3. The molecular weight excluding hydrogens is 750 g/mol. The van der Waals surface area contributed by atoms with Crippen molar-refractivity contribution in [3.63, 3.8) is 0 Å². The van der Waals surface area contributed by atoms with Gasteiger partial charge in [-0.1, -0.05) is 158 Å². The molecule has 1 atom stereocenters. The molecular formula is C55H53N3OP+. The predicted molar refractivity (Wildman–Crippen MR) is 258 cm³/mol. The molecule has 60 heavy (non-hydrogen) atoms. The Bertz CT molecular complexity index is 2730. The summed E-state index contributed by atoms with van der Waals surface area (Å²) < 4.78 is 9.73. The Balaban J connectivity index is 1.08. The summed E-state index contributed by atoms with van der Waals surface area (Å²) in [7, 11) is 0.571. The van der Waals surface area contributed by atoms with Gasteiger partial charge in [0.05, 0.1) is 32.0 Å². The Kier molecular flexibility index (Phi) is 11.2. The van der Waals surface area contributed by atoms with Crippen LogP contribution in [0.25, 0.3) is 54.9 Å². The maximum atomic E-state index is 6.00. The fourth-order valence-electron chi connectivity index (χ4n) is 9.76. The molecule has 0 saturated carbocycles. The molecule has 5 heteroatoms. The second-order valence-corrected chi connectivity index (χ2v) is 18.0. The van der Waals surface area contributed by atoms with Gasteiger partial charge in [0.15, 0.2) is 5.69 Å². The highest BCUT2D eigenvalue weighted by molar-refractivity contribution is 7.41. The molecule has 0 aliphatic carbocycles. The number of rotatable bonds is 10. The van der Waals surface area contributed by atoms with Crippen molar-refractivity contribution in [3.05, 3.63) is 181 Å². The first-order valence-corrected chi connectivity index (χ1v) is 22.8. The number of fused-ring (bicyclic) bond motifs is 4. The Morgan fingerprint density at radius 1 is 0.500 bits per heavy atom. The van der Waals surface area contributed by atoms with Gasteiger partial charge in [0.25, 0.3) is 0 Å². The van der Waals surface area contributed by atoms with E-state index in [9.17, 15) is 0 Å². The van der Waals surface area contributed by atoms with Crippen molar-refractivity contribution in [2.75, 3.05) is 36.2 Å². The van der Waals surface area contributed by atoms with Gasteiger partial charge in [-0.2, -0.15) is 0 Å². The number of para-hydroxylation sites is 1. The van der Waals surface area contributed by atoms with Crippen molar-refractivity contribution in [2.45, 2.75) is 45.1 Å². The molecule has 1 saturated heterocycles. The molecule has 1 unspecified atom stereocenters. The molecule has 10 rings (SSSR count). The summed E-state index contributed by atoms with van der Waals surface area (Å²) in [5.74, 6) is 0. The van der Waals surface area contributed by atoms with Crippen LogP contribution in [-0.4, -0.2) is 26.2 Å². The van der Waals surface area contributed by atoms with E-state index >= 15 is 0 Å². The molecule has 1 spiro atoms. The number of nitrogens with zero attached hydrogens (tertiary/aromatic N) is 2. The van der Waals surface area contributed by atoms with Gasteiger partial charge >= 0.3 is 0 Å². The van der Waals surface area contributed by atoms with Crippen LogP contribution in [0.15, 0.2) is 176 Å². The highest BCUT2D eigenvalue weighted by Crippen LogP contribution is 2.63. The van der Waals surface area contributed by atoms with Gasteiger partial charge in [-0.3, -0.25) is 8.92 Å². The van der Waals surface area contributed by atoms with Crippen molar-refractivity contribution >= 4 is 53.2 Å². The van der Waals surface area contributed by atoms with Crippen LogP contribution in [0.5, 0.6) is 0 Å². The molecule has 2 heterocycles. The molecule has 4 nitrogen and oxygen atoms in total. The van der Waals surface area contributed by atoms with E-state index in [4.69, 9.17) is 4.74 Å². The van der Waals surface area contributed by atoms with Crippen LogP contribution in [0.2, 0.25) is 0 Å². The highest BCUT2D eigenvalue weighted by atomic mass is 31.1. The summed E-state index contributed by atoms with van der Waals surface area (Å²) in [5.41, 5.74) is 14.2. The third kappa shape index (κ3) is 7.61. The molecule has 0 aromatic heterocycles. The topological polar surface area (TPSA) is 24.5 Å². The molecule has 2 aliphatic rings. The highest BCUT2D eigenvalue weighted by Gasteiger charge is 2.46. The minimum atomic E-state index is 0.571. The quantitative estimate of drug-likeness (QED) is 0.110. The van der Waals surface area contributed by atoms with Gasteiger partial charge < -0.3 is 10.1 Å². The van der Waals surface area contributed by atoms with E-state index in [1.807, 2.05) is 6.07 Å². The van der Waals surface area contributed by atoms with Gasteiger partial charge in [0.2, 0.25) is 8.88 Å². The van der Waals surface area contributed by atoms with E-state index in [1.54, 1.807) is 0 Å². The maximum Gasteiger partial charge on any atom is 0.209 e. The second-order valence-electron chi connectivity index (χ2n) is 16.4. The minimum absolute atomic E-state index is 0.571. The van der Waals surface area contributed by atoms with E-state index < -0.39 is 0 Å². The Morgan fingerprint density at radius 2 is 1.07 bits per heavy atom. The molecule has 2 aliphatic heterocycles. The van der Waals surface area contributed by atoms with Gasteiger partial charge in [-0.25, -0.2) is 0 Å². The van der Waals surface area contributed by atoms with Gasteiger partial charge in [-0.05, 0) is 106 Å². The number of hydrogen-bond acceptors (Lipinski definition) is 3. The van der Waals surface area contributed by atoms with E-state index in [0.717, 1.165) is 29.6 Å². The summed E-state index contributed by atoms with van der Waals surface area (Å²) in [6, 6.07) is 64.9. The molecule has 298 valence electrons. The number of anilines is 3. The Hall–Kier alpha value is -5.77. The SMILES string of the molecule is c1ccc(COCCNc2cccc(-c3cccc4cccc(-c5cccc6c5[N+]5(CCCCCCCC5)PN6c5cccc6cccc(-c7ccccc7)c56)c34)c2)cc1. The normalized spacial score (nSPS) is 15.5. The zero-order chi connectivity index (χ0) is 40.1. The minimum Gasteiger partial charge on any atom is -0.383 e. The summed E-state index contributed by atoms with van der Waals surface area (Å²) in [6.45, 7) is 4.33. The van der Waals surface area contributed by atoms with Crippen molar-refractivity contribution in [2.24, 2.45) is 0 Å². The molecule has 1 fully saturated rings. The van der Waals surface area contributed by atoms with E-state index in [1.165, 1.54) is 116 Å². The molecule has 0 bridgehead atoms. The summed E-state index contributed by atoms with van der Waals surface area (Å²) >= 11 is 0. The van der Waals surface area contributed by atoms with Gasteiger partial charge in [0, 0.05) is 23.2 Å². The third-order valence-corrected chi connectivity index (χ3v) is 14.3. The Labute approximate surface area is 357 Å². The maximum absolute atomic E-state index is 6.00. The predicted octanol–water partition coefficient (Wildman–Crippen LogP) is 14.9. The van der Waals surface area contributed by atoms with Crippen molar-refractivity contribution < 1.29 is 4.74 Å². The summed E-state index contributed by atoms with van der Waals surface area (Å²) in [5, 5.41) is 8.85. The smallest absolute Gasteiger partial charge is 0.209 e. The lowest BCUT2D eigenvalue weighted by molar-refractivity contribution is 0.130. The van der Waals surface area contributed by atoms with E-state index in [2.05, 4.69) is 180 Å². The first-order valence-electron chi connectivity index (χ1n) is 21.9. The molecule has 8 aromatic carbocycles. The van der Waals surface area contributed by atoms with E-state index in [-0.39, 0.29) is 0 Å². The van der Waals surface area contributed by atoms with Crippen LogP contribution in [0, 0.1) is 0 Å². The number of hydrogen-bond donors (Lipinski definition) is 1. The fourth-order valence-corrected chi connectivity index (χ4v) is 11.6. The van der Waals surface area contributed by atoms with Crippen molar-refractivity contribution in [3.8, 4) is 33.4 Å². The second kappa shape index (κ2) is 17.4. The van der Waals surface area contributed by atoms with Crippen molar-refractivity contribution in [1.29, 1.82) is 0 Å². The molecule has 0 amide bonds. The lowest BCUT2D eigenvalue weighted by Crippen LogP contribution is -2.41. The van der Waals surface area contributed by atoms with Crippen LogP contribution >= 0.6 is 8.88 Å². The number of ether oxygens (including phenoxy) is 1. The number of nitrogens with one attached hydrogen (secondary N) is 1. The number of quaternary nitrogens is 1. The molecule has 0 radical (unpaired) electrons. The summed E-state index contributed by atoms with van der Waals surface area (Å²) in [6.07, 6.45) is 7.78. The van der Waals surface area contributed by atoms with Gasteiger partial charge in [-0.15, -0.1) is 0 Å². The third-order valence-electron chi connectivity index (χ3n) is 12.6. The average Bonchev–Trinajstić information content (AvgIpc) is 3.69. The average molecular weight is 803 g/mol. The van der Waals surface area contributed by atoms with Crippen LogP contribution in [0.3, 0.4) is 0 Å².